The molecule has 0 aliphatic rings. The van der Waals surface area contributed by atoms with Gasteiger partial charge in [0, 0.05) is 27.7 Å². The third-order valence-electron chi connectivity index (χ3n) is 3.60. The van der Waals surface area contributed by atoms with E-state index in [-0.39, 0.29) is 6.67 Å². The Kier molecular flexibility index (Phi) is 5.91. The molecule has 124 valence electrons. The van der Waals surface area contributed by atoms with Crippen LogP contribution in [0.5, 0.6) is 0 Å². The van der Waals surface area contributed by atoms with Gasteiger partial charge < -0.3 is 15.2 Å². The maximum Gasteiger partial charge on any atom is 0.135 e. The third-order valence-corrected chi connectivity index (χ3v) is 4.03. The van der Waals surface area contributed by atoms with Crippen molar-refractivity contribution in [2.24, 2.45) is 0 Å². The standard InChI is InChI=1S/C16H19Cl2N3O2/c1-3-14-13(7-10-5-11(17)8-12(18)6-10)15(4-2)21(20-14)9-19-16(22)23/h5-6,8,19H,3-4,7,9H2,1-2H3,(H,22,23)/p-1. The van der Waals surface area contributed by atoms with Crippen molar-refractivity contribution in [1.82, 2.24) is 15.1 Å². The summed E-state index contributed by atoms with van der Waals surface area (Å²) < 4.78 is 1.68. The molecule has 1 N–H and O–H groups in total. The maximum absolute atomic E-state index is 10.6. The summed E-state index contributed by atoms with van der Waals surface area (Å²) in [5, 5.41) is 18.5. The number of hydrogen-bond donors (Lipinski definition) is 1. The number of benzene rings is 1. The van der Waals surface area contributed by atoms with Gasteiger partial charge in [-0.05, 0) is 36.6 Å². The first-order chi connectivity index (χ1) is 10.9. The van der Waals surface area contributed by atoms with E-state index in [4.69, 9.17) is 23.2 Å². The quantitative estimate of drug-likeness (QED) is 0.866. The maximum atomic E-state index is 10.6. The molecule has 2 aromatic rings. The lowest BCUT2D eigenvalue weighted by Gasteiger charge is -2.11. The van der Waals surface area contributed by atoms with Crippen LogP contribution in [0.1, 0.15) is 36.4 Å². The van der Waals surface area contributed by atoms with Gasteiger partial charge in [0.2, 0.25) is 0 Å². The van der Waals surface area contributed by atoms with Crippen LogP contribution in [0.25, 0.3) is 0 Å². The topological polar surface area (TPSA) is 70.0 Å². The van der Waals surface area contributed by atoms with E-state index < -0.39 is 6.09 Å². The average Bonchev–Trinajstić information content (AvgIpc) is 2.80. The monoisotopic (exact) mass is 354 g/mol. The number of carbonyl (C=O) groups is 1. The van der Waals surface area contributed by atoms with E-state index in [1.54, 1.807) is 10.7 Å². The van der Waals surface area contributed by atoms with E-state index in [1.165, 1.54) is 0 Å². The summed E-state index contributed by atoms with van der Waals surface area (Å²) in [6.07, 6.45) is 0.835. The molecule has 1 aromatic heterocycles. The van der Waals surface area contributed by atoms with Crippen molar-refractivity contribution in [3.05, 3.63) is 50.8 Å². The van der Waals surface area contributed by atoms with Crippen LogP contribution in [0.4, 0.5) is 4.79 Å². The minimum atomic E-state index is -1.32. The molecular formula is C16H18Cl2N3O2-. The Hall–Kier alpha value is -1.72. The van der Waals surface area contributed by atoms with Crippen molar-refractivity contribution in [2.75, 3.05) is 0 Å². The number of nitrogens with zero attached hydrogens (tertiary/aromatic N) is 2. The molecule has 0 saturated heterocycles. The van der Waals surface area contributed by atoms with Gasteiger partial charge in [-0.25, -0.2) is 4.68 Å². The van der Waals surface area contributed by atoms with Gasteiger partial charge in [-0.1, -0.05) is 37.0 Å². The number of nitrogens with one attached hydrogen (secondary N) is 1. The van der Waals surface area contributed by atoms with E-state index in [0.29, 0.717) is 16.5 Å². The van der Waals surface area contributed by atoms with E-state index >= 15 is 0 Å². The molecule has 1 heterocycles. The Bertz CT molecular complexity index is 693. The SMILES string of the molecule is CCc1nn(CNC(=O)[O-])c(CC)c1Cc1cc(Cl)cc(Cl)c1. The fraction of sp³-hybridized carbons (Fsp3) is 0.375. The number of halogens is 2. The predicted octanol–water partition coefficient (Wildman–Crippen LogP) is 2.80. The van der Waals surface area contributed by atoms with Gasteiger partial charge in [-0.2, -0.15) is 5.10 Å². The van der Waals surface area contributed by atoms with E-state index in [1.807, 2.05) is 26.0 Å². The summed E-state index contributed by atoms with van der Waals surface area (Å²) in [4.78, 5) is 10.6. The zero-order chi connectivity index (χ0) is 17.0. The highest BCUT2D eigenvalue weighted by Crippen LogP contribution is 2.24. The molecule has 0 saturated carbocycles. The number of amides is 1. The lowest BCUT2D eigenvalue weighted by atomic mass is 10.0. The smallest absolute Gasteiger partial charge is 0.135 e. The highest BCUT2D eigenvalue weighted by molar-refractivity contribution is 6.34. The molecule has 0 atom stereocenters. The number of hydrogen-bond acceptors (Lipinski definition) is 3. The van der Waals surface area contributed by atoms with Gasteiger partial charge >= 0.3 is 0 Å². The van der Waals surface area contributed by atoms with Crippen LogP contribution in [-0.4, -0.2) is 15.9 Å². The molecule has 1 amide bonds. The summed E-state index contributed by atoms with van der Waals surface area (Å²) in [6.45, 7) is 4.11. The van der Waals surface area contributed by atoms with Gasteiger partial charge in [-0.3, -0.25) is 0 Å². The molecule has 7 heteroatoms. The molecule has 2 rings (SSSR count). The largest absolute Gasteiger partial charge is 0.530 e. The Labute approximate surface area is 145 Å². The van der Waals surface area contributed by atoms with Crippen LogP contribution in [0.15, 0.2) is 18.2 Å². The zero-order valence-electron chi connectivity index (χ0n) is 13.0. The summed E-state index contributed by atoms with van der Waals surface area (Å²) >= 11 is 12.1. The number of carbonyl (C=O) groups excluding carboxylic acids is 1. The molecular weight excluding hydrogens is 337 g/mol. The molecule has 0 bridgehead atoms. The second-order valence-electron chi connectivity index (χ2n) is 5.16. The summed E-state index contributed by atoms with van der Waals surface area (Å²) in [7, 11) is 0. The molecule has 0 radical (unpaired) electrons. The van der Waals surface area contributed by atoms with E-state index in [9.17, 15) is 9.90 Å². The molecule has 0 unspecified atom stereocenters. The van der Waals surface area contributed by atoms with Crippen LogP contribution < -0.4 is 10.4 Å². The lowest BCUT2D eigenvalue weighted by molar-refractivity contribution is -0.251. The Morgan fingerprint density at radius 1 is 1.22 bits per heavy atom. The van der Waals surface area contributed by atoms with Gasteiger partial charge in [0.05, 0.1) is 5.69 Å². The van der Waals surface area contributed by atoms with Crippen LogP contribution >= 0.6 is 23.2 Å². The van der Waals surface area contributed by atoms with Gasteiger partial charge in [0.25, 0.3) is 0 Å². The van der Waals surface area contributed by atoms with Crippen LogP contribution in [0, 0.1) is 0 Å². The first kappa shape index (κ1) is 17.6. The molecule has 0 aliphatic heterocycles. The number of rotatable bonds is 6. The van der Waals surface area contributed by atoms with Gasteiger partial charge in [0.15, 0.2) is 0 Å². The highest BCUT2D eigenvalue weighted by Gasteiger charge is 2.16. The fourth-order valence-corrected chi connectivity index (χ4v) is 3.23. The second-order valence-corrected chi connectivity index (χ2v) is 6.03. The summed E-state index contributed by atoms with van der Waals surface area (Å²) in [5.74, 6) is 0. The number of carboxylic acid groups (broad SMARTS) is 1. The summed E-state index contributed by atoms with van der Waals surface area (Å²) in [6, 6.07) is 5.45. The van der Waals surface area contributed by atoms with Crippen LogP contribution in [0.3, 0.4) is 0 Å². The molecule has 0 fully saturated rings. The fourth-order valence-electron chi connectivity index (χ4n) is 2.66. The molecule has 23 heavy (non-hydrogen) atoms. The minimum absolute atomic E-state index is 0.0782. The lowest BCUT2D eigenvalue weighted by Crippen LogP contribution is -2.38. The number of aryl methyl sites for hydroxylation is 1. The van der Waals surface area contributed by atoms with Crippen LogP contribution in [-0.2, 0) is 25.9 Å². The van der Waals surface area contributed by atoms with Crippen LogP contribution in [0.2, 0.25) is 10.0 Å². The van der Waals surface area contributed by atoms with E-state index in [2.05, 4.69) is 10.4 Å². The second kappa shape index (κ2) is 7.70. The Balaban J connectivity index is 2.37. The predicted molar refractivity (Wildman–Crippen MR) is 88.8 cm³/mol. The molecule has 0 aliphatic carbocycles. The van der Waals surface area contributed by atoms with Crippen molar-refractivity contribution < 1.29 is 9.90 Å². The molecule has 0 spiro atoms. The normalized spacial score (nSPS) is 10.8. The minimum Gasteiger partial charge on any atom is -0.530 e. The van der Waals surface area contributed by atoms with Crippen molar-refractivity contribution >= 4 is 29.3 Å². The average molecular weight is 355 g/mol. The Morgan fingerprint density at radius 3 is 2.39 bits per heavy atom. The van der Waals surface area contributed by atoms with Gasteiger partial charge in [0.1, 0.15) is 12.8 Å². The zero-order valence-corrected chi connectivity index (χ0v) is 14.5. The van der Waals surface area contributed by atoms with Gasteiger partial charge in [-0.15, -0.1) is 0 Å². The van der Waals surface area contributed by atoms with Crippen molar-refractivity contribution in [1.29, 1.82) is 0 Å². The third kappa shape index (κ3) is 4.39. The first-order valence-corrected chi connectivity index (χ1v) is 8.17. The van der Waals surface area contributed by atoms with E-state index in [0.717, 1.165) is 35.4 Å². The van der Waals surface area contributed by atoms with Crippen molar-refractivity contribution in [3.8, 4) is 0 Å². The molecule has 5 nitrogen and oxygen atoms in total. The van der Waals surface area contributed by atoms with Crippen molar-refractivity contribution in [2.45, 2.75) is 39.8 Å². The highest BCUT2D eigenvalue weighted by atomic mass is 35.5. The Morgan fingerprint density at radius 2 is 1.87 bits per heavy atom. The number of aromatic nitrogens is 2. The first-order valence-electron chi connectivity index (χ1n) is 7.41. The summed E-state index contributed by atoms with van der Waals surface area (Å²) in [5.41, 5.74) is 4.03. The molecule has 1 aromatic carbocycles. The van der Waals surface area contributed by atoms with Crippen molar-refractivity contribution in [3.63, 3.8) is 0 Å².